The third kappa shape index (κ3) is 4.13. The van der Waals surface area contributed by atoms with Gasteiger partial charge in [-0.25, -0.2) is 0 Å². The van der Waals surface area contributed by atoms with Gasteiger partial charge in [0.05, 0.1) is 0 Å². The van der Waals surface area contributed by atoms with Crippen molar-refractivity contribution in [2.75, 3.05) is 0 Å². The van der Waals surface area contributed by atoms with E-state index in [4.69, 9.17) is 0 Å². The van der Waals surface area contributed by atoms with Crippen LogP contribution < -0.4 is 0 Å². The molecule has 0 radical (unpaired) electrons. The Bertz CT molecular complexity index is 911. The molecular formula is C26H35N. The Balaban J connectivity index is 1.95. The van der Waals surface area contributed by atoms with Gasteiger partial charge in [0.25, 0.3) is 0 Å². The molecule has 0 saturated carbocycles. The Kier molecular flexibility index (Phi) is 5.79. The molecule has 0 amide bonds. The molecular weight excluding hydrogens is 326 g/mol. The van der Waals surface area contributed by atoms with Gasteiger partial charge in [0.2, 0.25) is 0 Å². The van der Waals surface area contributed by atoms with E-state index in [-0.39, 0.29) is 0 Å². The van der Waals surface area contributed by atoms with Gasteiger partial charge in [-0.1, -0.05) is 66.7 Å². The van der Waals surface area contributed by atoms with Crippen LogP contribution in [0.4, 0.5) is 0 Å². The van der Waals surface area contributed by atoms with E-state index in [0.717, 1.165) is 6.42 Å². The fourth-order valence-corrected chi connectivity index (χ4v) is 4.30. The summed E-state index contributed by atoms with van der Waals surface area (Å²) >= 11 is 0. The maximum atomic E-state index is 3.39. The highest BCUT2D eigenvalue weighted by atomic mass is 14.7. The van der Waals surface area contributed by atoms with Crippen LogP contribution >= 0.6 is 0 Å². The Hall–Kier alpha value is -2.02. The first-order chi connectivity index (χ1) is 12.8. The van der Waals surface area contributed by atoms with Crippen LogP contribution in [0.15, 0.2) is 42.6 Å². The third-order valence-corrected chi connectivity index (χ3v) is 5.85. The fourth-order valence-electron chi connectivity index (χ4n) is 4.30. The Labute approximate surface area is 165 Å². The van der Waals surface area contributed by atoms with Crippen molar-refractivity contribution in [3.05, 3.63) is 70.4 Å². The van der Waals surface area contributed by atoms with E-state index < -0.39 is 0 Å². The molecule has 1 heterocycles. The number of hydrogen-bond acceptors (Lipinski definition) is 0. The predicted octanol–water partition coefficient (Wildman–Crippen LogP) is 7.88. The van der Waals surface area contributed by atoms with Crippen LogP contribution in [-0.2, 0) is 6.42 Å². The first kappa shape index (κ1) is 19.7. The molecule has 3 rings (SSSR count). The average Bonchev–Trinajstić information content (AvgIpc) is 3.07. The number of aromatic amines is 1. The van der Waals surface area contributed by atoms with Crippen molar-refractivity contribution in [3.63, 3.8) is 0 Å². The molecule has 1 nitrogen and oxygen atoms in total. The molecule has 3 aromatic rings. The highest BCUT2D eigenvalue weighted by Gasteiger charge is 2.17. The van der Waals surface area contributed by atoms with Gasteiger partial charge in [0.1, 0.15) is 0 Å². The minimum absolute atomic E-state index is 0.500. The van der Waals surface area contributed by atoms with Crippen molar-refractivity contribution < 1.29 is 0 Å². The zero-order chi connectivity index (χ0) is 19.7. The minimum Gasteiger partial charge on any atom is -0.361 e. The number of nitrogens with one attached hydrogen (secondary N) is 1. The molecule has 0 fully saturated rings. The van der Waals surface area contributed by atoms with Crippen LogP contribution in [0.25, 0.3) is 10.9 Å². The quantitative estimate of drug-likeness (QED) is 0.459. The summed E-state index contributed by atoms with van der Waals surface area (Å²) in [7, 11) is 0. The molecule has 0 aliphatic rings. The normalized spacial score (nSPS) is 13.3. The van der Waals surface area contributed by atoms with Crippen LogP contribution in [0.3, 0.4) is 0 Å². The Morgan fingerprint density at radius 2 is 1.30 bits per heavy atom. The first-order valence-electron chi connectivity index (χ1n) is 10.5. The first-order valence-corrected chi connectivity index (χ1v) is 10.5. The molecule has 0 spiro atoms. The molecule has 1 N–H and O–H groups in total. The fraction of sp³-hybridized carbons (Fsp3) is 0.462. The van der Waals surface area contributed by atoms with Crippen LogP contribution in [0.2, 0.25) is 0 Å². The SMILES string of the molecule is CC(C)c1ccc(CC(C)c2cc3[nH]ccc3cc2C(C)C)cc1C(C)C. The van der Waals surface area contributed by atoms with E-state index in [9.17, 15) is 0 Å². The number of hydrogen-bond donors (Lipinski definition) is 1. The molecule has 1 aromatic heterocycles. The maximum absolute atomic E-state index is 3.39. The summed E-state index contributed by atoms with van der Waals surface area (Å²) < 4.78 is 0. The van der Waals surface area contributed by atoms with Gasteiger partial charge in [0, 0.05) is 11.7 Å². The van der Waals surface area contributed by atoms with E-state index >= 15 is 0 Å². The minimum atomic E-state index is 0.500. The lowest BCUT2D eigenvalue weighted by molar-refractivity contribution is 0.723. The molecule has 27 heavy (non-hydrogen) atoms. The third-order valence-electron chi connectivity index (χ3n) is 5.85. The molecule has 0 saturated heterocycles. The van der Waals surface area contributed by atoms with Gasteiger partial charge in [-0.2, -0.15) is 0 Å². The summed E-state index contributed by atoms with van der Waals surface area (Å²) in [6.45, 7) is 16.2. The molecule has 2 aromatic carbocycles. The maximum Gasteiger partial charge on any atom is 0.0456 e. The van der Waals surface area contributed by atoms with Crippen LogP contribution in [0.1, 0.15) is 100.0 Å². The van der Waals surface area contributed by atoms with Crippen molar-refractivity contribution in [2.24, 2.45) is 0 Å². The van der Waals surface area contributed by atoms with E-state index in [1.807, 2.05) is 6.20 Å². The van der Waals surface area contributed by atoms with E-state index in [0.29, 0.717) is 23.7 Å². The van der Waals surface area contributed by atoms with Crippen molar-refractivity contribution in [1.82, 2.24) is 4.98 Å². The Morgan fingerprint density at radius 3 is 1.93 bits per heavy atom. The summed E-state index contributed by atoms with van der Waals surface area (Å²) in [5.74, 6) is 2.19. The van der Waals surface area contributed by atoms with Crippen molar-refractivity contribution in [1.29, 1.82) is 0 Å². The second kappa shape index (κ2) is 7.92. The van der Waals surface area contributed by atoms with E-state index in [1.165, 1.54) is 38.7 Å². The second-order valence-electron chi connectivity index (χ2n) is 9.08. The van der Waals surface area contributed by atoms with Crippen LogP contribution in [0.5, 0.6) is 0 Å². The van der Waals surface area contributed by atoms with E-state index in [1.54, 1.807) is 0 Å². The largest absolute Gasteiger partial charge is 0.361 e. The second-order valence-corrected chi connectivity index (χ2v) is 9.08. The van der Waals surface area contributed by atoms with E-state index in [2.05, 4.69) is 89.8 Å². The Morgan fingerprint density at radius 1 is 0.667 bits per heavy atom. The lowest BCUT2D eigenvalue weighted by Gasteiger charge is -2.21. The lowest BCUT2D eigenvalue weighted by atomic mass is 9.83. The van der Waals surface area contributed by atoms with Gasteiger partial charge in [-0.3, -0.25) is 0 Å². The van der Waals surface area contributed by atoms with Crippen LogP contribution in [-0.4, -0.2) is 4.98 Å². The average molecular weight is 362 g/mol. The summed E-state index contributed by atoms with van der Waals surface area (Å²) in [6, 6.07) is 14.1. The number of H-pyrrole nitrogens is 1. The van der Waals surface area contributed by atoms with Crippen molar-refractivity contribution in [3.8, 4) is 0 Å². The molecule has 0 aliphatic carbocycles. The van der Waals surface area contributed by atoms with Crippen LogP contribution in [0, 0.1) is 0 Å². The van der Waals surface area contributed by atoms with Gasteiger partial charge in [0.15, 0.2) is 0 Å². The monoisotopic (exact) mass is 361 g/mol. The number of aromatic nitrogens is 1. The molecule has 0 aliphatic heterocycles. The van der Waals surface area contributed by atoms with Crippen molar-refractivity contribution >= 4 is 10.9 Å². The molecule has 144 valence electrons. The summed E-state index contributed by atoms with van der Waals surface area (Å²) in [6.07, 6.45) is 3.13. The zero-order valence-electron chi connectivity index (χ0n) is 18.1. The molecule has 1 unspecified atom stereocenters. The van der Waals surface area contributed by atoms with Gasteiger partial charge in [-0.15, -0.1) is 0 Å². The topological polar surface area (TPSA) is 15.8 Å². The highest BCUT2D eigenvalue weighted by molar-refractivity contribution is 5.81. The van der Waals surface area contributed by atoms with Crippen molar-refractivity contribution in [2.45, 2.75) is 78.6 Å². The smallest absolute Gasteiger partial charge is 0.0456 e. The highest BCUT2D eigenvalue weighted by Crippen LogP contribution is 2.34. The van der Waals surface area contributed by atoms with Gasteiger partial charge in [-0.05, 0) is 81.5 Å². The number of rotatable bonds is 6. The predicted molar refractivity (Wildman–Crippen MR) is 119 cm³/mol. The molecule has 0 bridgehead atoms. The summed E-state index contributed by atoms with van der Waals surface area (Å²) in [5.41, 5.74) is 8.68. The number of benzene rings is 2. The summed E-state index contributed by atoms with van der Waals surface area (Å²) in [4.78, 5) is 3.39. The lowest BCUT2D eigenvalue weighted by Crippen LogP contribution is -2.06. The van der Waals surface area contributed by atoms with Gasteiger partial charge < -0.3 is 4.98 Å². The molecule has 1 atom stereocenters. The number of fused-ring (bicyclic) bond motifs is 1. The standard InChI is InChI=1S/C26H35N/c1-16(2)22-9-8-20(13-23(22)17(3)4)12-19(7)25-15-26-21(10-11-27-26)14-24(25)18(5)6/h8-11,13-19,27H,12H2,1-7H3. The zero-order valence-corrected chi connectivity index (χ0v) is 18.1. The van der Waals surface area contributed by atoms with Gasteiger partial charge >= 0.3 is 0 Å². The molecule has 1 heteroatoms. The summed E-state index contributed by atoms with van der Waals surface area (Å²) in [5, 5.41) is 1.32.